The molecule has 1 aliphatic heterocycles. The molecule has 0 radical (unpaired) electrons. The Morgan fingerprint density at radius 1 is 1.10 bits per heavy atom. The molecular weight excluding hydrogens is 672 g/mol. The van der Waals surface area contributed by atoms with Crippen LogP contribution >= 0.6 is 50.9 Å². The Morgan fingerprint density at radius 2 is 1.85 bits per heavy atom. The van der Waals surface area contributed by atoms with Gasteiger partial charge in [-0.1, -0.05) is 51.3 Å². The average molecular weight is 690 g/mol. The van der Waals surface area contributed by atoms with E-state index < -0.39 is 35.3 Å². The molecule has 0 aromatic heterocycles. The molecule has 4 rings (SSSR count). The first-order valence-electron chi connectivity index (χ1n) is 11.5. The van der Waals surface area contributed by atoms with Crippen molar-refractivity contribution in [1.82, 2.24) is 4.90 Å². The molecule has 41 heavy (non-hydrogen) atoms. The second-order valence-corrected chi connectivity index (χ2v) is 11.1. The number of hydrogen-bond acceptors (Lipinski definition) is 6. The molecule has 14 heteroatoms. The lowest BCUT2D eigenvalue weighted by Crippen LogP contribution is -2.36. The minimum atomic E-state index is -4.59. The van der Waals surface area contributed by atoms with E-state index in [1.807, 2.05) is 0 Å². The van der Waals surface area contributed by atoms with Gasteiger partial charge < -0.3 is 14.8 Å². The fourth-order valence-corrected chi connectivity index (χ4v) is 5.35. The molecule has 7 nitrogen and oxygen atoms in total. The topological polar surface area (TPSA) is 84.9 Å². The van der Waals surface area contributed by atoms with Crippen molar-refractivity contribution in [2.45, 2.75) is 12.8 Å². The average Bonchev–Trinajstić information content (AvgIpc) is 3.16. The summed E-state index contributed by atoms with van der Waals surface area (Å²) in [7, 11) is 1.44. The summed E-state index contributed by atoms with van der Waals surface area (Å²) in [6.45, 7) is -0.553. The van der Waals surface area contributed by atoms with Crippen LogP contribution in [0.3, 0.4) is 0 Å². The van der Waals surface area contributed by atoms with Crippen molar-refractivity contribution < 1.29 is 37.0 Å². The Hall–Kier alpha value is -3.19. The van der Waals surface area contributed by atoms with E-state index in [9.17, 15) is 27.6 Å². The number of halogens is 6. The number of hydrogen-bond donors (Lipinski definition) is 1. The number of rotatable bonds is 8. The Kier molecular flexibility index (Phi) is 9.58. The van der Waals surface area contributed by atoms with Crippen LogP contribution in [-0.2, 0) is 22.4 Å². The standard InChI is InChI=1S/C27H18BrCl2F3N2O5S/c1-39-21-7-15(19(28)11-22(21)40-13-14-5-6-17(29)10-20(14)30)8-23-25(37)35(26(38)41-23)12-24(36)34-18-4-2-3-16(9-18)27(31,32)33/h2-11H,12-13H2,1H3,(H,34,36)/b23-8-. The third-order valence-corrected chi connectivity index (χ3v) is 7.80. The lowest BCUT2D eigenvalue weighted by Gasteiger charge is -2.14. The molecule has 3 amide bonds. The lowest BCUT2D eigenvalue weighted by atomic mass is 10.1. The number of carbonyl (C=O) groups excluding carboxylic acids is 3. The first-order chi connectivity index (χ1) is 19.3. The number of imide groups is 1. The van der Waals surface area contributed by atoms with E-state index in [2.05, 4.69) is 21.2 Å². The van der Waals surface area contributed by atoms with Gasteiger partial charge in [0.05, 0.1) is 17.6 Å². The summed E-state index contributed by atoms with van der Waals surface area (Å²) in [6, 6.07) is 12.3. The lowest BCUT2D eigenvalue weighted by molar-refractivity contribution is -0.137. The number of amides is 3. The monoisotopic (exact) mass is 688 g/mol. The van der Waals surface area contributed by atoms with Gasteiger partial charge in [0.2, 0.25) is 5.91 Å². The van der Waals surface area contributed by atoms with Gasteiger partial charge in [-0.25, -0.2) is 0 Å². The molecule has 1 aliphatic rings. The predicted octanol–water partition coefficient (Wildman–Crippen LogP) is 8.04. The van der Waals surface area contributed by atoms with E-state index in [1.165, 1.54) is 19.3 Å². The minimum absolute atomic E-state index is 0.0336. The second kappa shape index (κ2) is 12.8. The molecule has 0 atom stereocenters. The maximum atomic E-state index is 12.9. The van der Waals surface area contributed by atoms with E-state index in [0.717, 1.165) is 18.2 Å². The van der Waals surface area contributed by atoms with E-state index in [4.69, 9.17) is 32.7 Å². The summed E-state index contributed by atoms with van der Waals surface area (Å²) < 4.78 is 50.7. The SMILES string of the molecule is COc1cc(/C=C2\SC(=O)N(CC(=O)Nc3cccc(C(F)(F)F)c3)C2=O)c(Br)cc1OCc1ccc(Cl)cc1Cl. The molecule has 1 fully saturated rings. The van der Waals surface area contributed by atoms with Crippen LogP contribution in [0.15, 0.2) is 64.0 Å². The van der Waals surface area contributed by atoms with Crippen LogP contribution in [0.25, 0.3) is 6.08 Å². The van der Waals surface area contributed by atoms with Gasteiger partial charge in [0, 0.05) is 25.8 Å². The number of alkyl halides is 3. The number of methoxy groups -OCH3 is 1. The normalized spacial score (nSPS) is 14.5. The summed E-state index contributed by atoms with van der Waals surface area (Å²) in [5.74, 6) is -0.855. The minimum Gasteiger partial charge on any atom is -0.493 e. The van der Waals surface area contributed by atoms with Gasteiger partial charge in [-0.15, -0.1) is 0 Å². The molecule has 0 aliphatic carbocycles. The Morgan fingerprint density at radius 3 is 2.54 bits per heavy atom. The molecule has 0 saturated carbocycles. The van der Waals surface area contributed by atoms with Gasteiger partial charge in [0.25, 0.3) is 11.1 Å². The quantitative estimate of drug-likeness (QED) is 0.241. The predicted molar refractivity (Wildman–Crippen MR) is 154 cm³/mol. The van der Waals surface area contributed by atoms with Gasteiger partial charge in [-0.05, 0) is 65.9 Å². The highest BCUT2D eigenvalue weighted by Crippen LogP contribution is 2.39. The van der Waals surface area contributed by atoms with Crippen molar-refractivity contribution in [3.05, 3.63) is 90.7 Å². The van der Waals surface area contributed by atoms with Crippen LogP contribution in [-0.4, -0.2) is 35.6 Å². The van der Waals surface area contributed by atoms with E-state index >= 15 is 0 Å². The Balaban J connectivity index is 1.46. The number of ether oxygens (including phenoxy) is 2. The largest absolute Gasteiger partial charge is 0.493 e. The zero-order chi connectivity index (χ0) is 29.9. The maximum Gasteiger partial charge on any atom is 0.416 e. The van der Waals surface area contributed by atoms with Crippen molar-refractivity contribution in [3.8, 4) is 11.5 Å². The Labute approximate surface area is 254 Å². The second-order valence-electron chi connectivity index (χ2n) is 8.44. The molecule has 214 valence electrons. The van der Waals surface area contributed by atoms with E-state index in [0.29, 0.717) is 53.8 Å². The van der Waals surface area contributed by atoms with Crippen molar-refractivity contribution in [2.75, 3.05) is 19.0 Å². The zero-order valence-corrected chi connectivity index (χ0v) is 24.8. The molecule has 0 bridgehead atoms. The van der Waals surface area contributed by atoms with Gasteiger partial charge in [-0.3, -0.25) is 19.3 Å². The van der Waals surface area contributed by atoms with Crippen LogP contribution in [0.2, 0.25) is 10.0 Å². The number of nitrogens with zero attached hydrogens (tertiary/aromatic N) is 1. The zero-order valence-electron chi connectivity index (χ0n) is 20.9. The summed E-state index contributed by atoms with van der Waals surface area (Å²) in [5, 5.41) is 2.50. The van der Waals surface area contributed by atoms with E-state index in [1.54, 1.807) is 30.3 Å². The highest BCUT2D eigenvalue weighted by molar-refractivity contribution is 9.10. The van der Waals surface area contributed by atoms with Crippen LogP contribution in [0.5, 0.6) is 11.5 Å². The molecule has 1 N–H and O–H groups in total. The number of carbonyl (C=O) groups is 3. The summed E-state index contributed by atoms with van der Waals surface area (Å²) in [4.78, 5) is 38.6. The Bertz CT molecular complexity index is 1570. The number of nitrogens with one attached hydrogen (secondary N) is 1. The summed E-state index contributed by atoms with van der Waals surface area (Å²) >= 11 is 16.2. The smallest absolute Gasteiger partial charge is 0.416 e. The maximum absolute atomic E-state index is 12.9. The van der Waals surface area contributed by atoms with Crippen molar-refractivity contribution in [3.63, 3.8) is 0 Å². The molecular formula is C27H18BrCl2F3N2O5S. The number of thioether (sulfide) groups is 1. The van der Waals surface area contributed by atoms with Crippen molar-refractivity contribution >= 4 is 79.7 Å². The molecule has 1 saturated heterocycles. The van der Waals surface area contributed by atoms with Crippen LogP contribution in [0.1, 0.15) is 16.7 Å². The van der Waals surface area contributed by atoms with Gasteiger partial charge in [0.15, 0.2) is 11.5 Å². The van der Waals surface area contributed by atoms with Gasteiger partial charge in [-0.2, -0.15) is 13.2 Å². The first-order valence-corrected chi connectivity index (χ1v) is 13.9. The first kappa shape index (κ1) is 30.8. The summed E-state index contributed by atoms with van der Waals surface area (Å²) in [5.41, 5.74) is 0.112. The molecule has 0 unspecified atom stereocenters. The highest BCUT2D eigenvalue weighted by atomic mass is 79.9. The van der Waals surface area contributed by atoms with Crippen LogP contribution < -0.4 is 14.8 Å². The van der Waals surface area contributed by atoms with Crippen molar-refractivity contribution in [2.24, 2.45) is 0 Å². The van der Waals surface area contributed by atoms with Crippen LogP contribution in [0.4, 0.5) is 23.7 Å². The van der Waals surface area contributed by atoms with E-state index in [-0.39, 0.29) is 17.2 Å². The van der Waals surface area contributed by atoms with Gasteiger partial charge in [0.1, 0.15) is 13.2 Å². The highest BCUT2D eigenvalue weighted by Gasteiger charge is 2.37. The third-order valence-electron chi connectivity index (χ3n) is 5.62. The molecule has 1 heterocycles. The summed E-state index contributed by atoms with van der Waals surface area (Å²) in [6.07, 6.45) is -3.15. The fourth-order valence-electron chi connectivity index (χ4n) is 3.62. The molecule has 3 aromatic carbocycles. The molecule has 0 spiro atoms. The third kappa shape index (κ3) is 7.56. The van der Waals surface area contributed by atoms with Crippen molar-refractivity contribution in [1.29, 1.82) is 0 Å². The fraction of sp³-hybridized carbons (Fsp3) is 0.148. The number of anilines is 1. The van der Waals surface area contributed by atoms with Crippen LogP contribution in [0, 0.1) is 0 Å². The van der Waals surface area contributed by atoms with Gasteiger partial charge >= 0.3 is 6.18 Å². The molecule has 3 aromatic rings. The number of benzene rings is 3.